The standard InChI is InChI=1S/C20H24FN3O/c1-12(20(25)22-2)24-10-14-7-13(8-15(14)11-24)17-5-6-23-19-4-3-16(21)9-18(17)19/h3-6,9,12-15H,7-8,10-11H2,1-2H3,(H,22,25)/t12?,13?,14-,15?/m1/s1. The van der Waals surface area contributed by atoms with Gasteiger partial charge in [0, 0.05) is 31.7 Å². The average Bonchev–Trinajstić information content (AvgIpc) is 3.18. The van der Waals surface area contributed by atoms with Crippen LogP contribution in [-0.2, 0) is 4.79 Å². The van der Waals surface area contributed by atoms with Crippen LogP contribution in [0.5, 0.6) is 0 Å². The molecule has 2 fully saturated rings. The fraction of sp³-hybridized carbons (Fsp3) is 0.500. The molecule has 1 amide bonds. The number of pyridine rings is 1. The number of aromatic nitrogens is 1. The van der Waals surface area contributed by atoms with Gasteiger partial charge < -0.3 is 5.32 Å². The van der Waals surface area contributed by atoms with Crippen molar-refractivity contribution < 1.29 is 9.18 Å². The zero-order chi connectivity index (χ0) is 17.6. The predicted molar refractivity (Wildman–Crippen MR) is 95.8 cm³/mol. The third-order valence-electron chi connectivity index (χ3n) is 6.13. The highest BCUT2D eigenvalue weighted by Gasteiger charge is 2.43. The van der Waals surface area contributed by atoms with Gasteiger partial charge in [-0.25, -0.2) is 4.39 Å². The van der Waals surface area contributed by atoms with Crippen molar-refractivity contribution in [3.63, 3.8) is 0 Å². The number of amides is 1. The van der Waals surface area contributed by atoms with Crippen molar-refractivity contribution in [3.8, 4) is 0 Å². The molecule has 0 spiro atoms. The van der Waals surface area contributed by atoms with E-state index in [0.29, 0.717) is 17.8 Å². The summed E-state index contributed by atoms with van der Waals surface area (Å²) in [4.78, 5) is 18.6. The van der Waals surface area contributed by atoms with Gasteiger partial charge in [0.05, 0.1) is 11.6 Å². The Labute approximate surface area is 147 Å². The van der Waals surface area contributed by atoms with E-state index in [-0.39, 0.29) is 17.8 Å². The lowest BCUT2D eigenvalue weighted by molar-refractivity contribution is -0.125. The van der Waals surface area contributed by atoms with Crippen molar-refractivity contribution >= 4 is 16.8 Å². The van der Waals surface area contributed by atoms with Crippen LogP contribution in [0.2, 0.25) is 0 Å². The molecule has 0 bridgehead atoms. The summed E-state index contributed by atoms with van der Waals surface area (Å²) in [5, 5.41) is 3.69. The summed E-state index contributed by atoms with van der Waals surface area (Å²) in [6.45, 7) is 3.94. The van der Waals surface area contributed by atoms with E-state index in [0.717, 1.165) is 36.8 Å². The summed E-state index contributed by atoms with van der Waals surface area (Å²) in [6, 6.07) is 6.84. The highest BCUT2D eigenvalue weighted by Crippen LogP contribution is 2.47. The van der Waals surface area contributed by atoms with Crippen LogP contribution in [0.3, 0.4) is 0 Å². The lowest BCUT2D eigenvalue weighted by Crippen LogP contribution is -2.43. The molecule has 0 radical (unpaired) electrons. The van der Waals surface area contributed by atoms with Crippen LogP contribution in [0.1, 0.15) is 31.2 Å². The van der Waals surface area contributed by atoms with Crippen molar-refractivity contribution in [3.05, 3.63) is 41.8 Å². The molecule has 1 aliphatic heterocycles. The second-order valence-corrected chi connectivity index (χ2v) is 7.49. The SMILES string of the molecule is CNC(=O)C(C)N1CC2CC(c3ccnc4ccc(F)cc34)C[C@@H]2C1. The van der Waals surface area contributed by atoms with E-state index in [2.05, 4.69) is 21.3 Å². The van der Waals surface area contributed by atoms with Gasteiger partial charge in [-0.1, -0.05) is 0 Å². The first-order valence-corrected chi connectivity index (χ1v) is 9.06. The van der Waals surface area contributed by atoms with Gasteiger partial charge in [-0.3, -0.25) is 14.7 Å². The predicted octanol–water partition coefficient (Wildman–Crippen LogP) is 2.93. The largest absolute Gasteiger partial charge is 0.358 e. The first-order chi connectivity index (χ1) is 12.1. The number of carbonyl (C=O) groups is 1. The highest BCUT2D eigenvalue weighted by molar-refractivity contribution is 5.82. The normalized spacial score (nSPS) is 27.4. The molecule has 132 valence electrons. The molecule has 3 unspecified atom stereocenters. The van der Waals surface area contributed by atoms with E-state index >= 15 is 0 Å². The molecule has 1 aliphatic carbocycles. The number of hydrogen-bond acceptors (Lipinski definition) is 3. The molecule has 4 rings (SSSR count). The summed E-state index contributed by atoms with van der Waals surface area (Å²) < 4.78 is 13.7. The van der Waals surface area contributed by atoms with Crippen LogP contribution >= 0.6 is 0 Å². The third kappa shape index (κ3) is 2.91. The number of hydrogen-bond donors (Lipinski definition) is 1. The molecule has 4 atom stereocenters. The van der Waals surface area contributed by atoms with Crippen LogP contribution in [-0.4, -0.2) is 42.0 Å². The van der Waals surface area contributed by atoms with E-state index in [1.54, 1.807) is 19.2 Å². The summed E-state index contributed by atoms with van der Waals surface area (Å²) in [5.74, 6) is 1.58. The molecular weight excluding hydrogens is 317 g/mol. The molecule has 2 aliphatic rings. The highest BCUT2D eigenvalue weighted by atomic mass is 19.1. The number of nitrogens with one attached hydrogen (secondary N) is 1. The molecule has 1 aromatic heterocycles. The fourth-order valence-corrected chi connectivity index (χ4v) is 4.78. The molecule has 2 aromatic rings. The van der Waals surface area contributed by atoms with Crippen LogP contribution in [0, 0.1) is 17.7 Å². The number of fused-ring (bicyclic) bond motifs is 2. The molecule has 2 heterocycles. The molecule has 25 heavy (non-hydrogen) atoms. The zero-order valence-corrected chi connectivity index (χ0v) is 14.7. The maximum absolute atomic E-state index is 13.7. The van der Waals surface area contributed by atoms with Gasteiger partial charge in [-0.05, 0) is 67.3 Å². The smallest absolute Gasteiger partial charge is 0.236 e. The van der Waals surface area contributed by atoms with E-state index in [1.807, 2.05) is 13.1 Å². The lowest BCUT2D eigenvalue weighted by Gasteiger charge is -2.24. The van der Waals surface area contributed by atoms with Crippen molar-refractivity contribution in [1.29, 1.82) is 0 Å². The molecule has 1 saturated carbocycles. The third-order valence-corrected chi connectivity index (χ3v) is 6.13. The first kappa shape index (κ1) is 16.5. The monoisotopic (exact) mass is 341 g/mol. The van der Waals surface area contributed by atoms with Gasteiger partial charge in [-0.15, -0.1) is 0 Å². The minimum absolute atomic E-state index is 0.0649. The first-order valence-electron chi connectivity index (χ1n) is 9.06. The Morgan fingerprint density at radius 3 is 2.68 bits per heavy atom. The summed E-state index contributed by atoms with van der Waals surface area (Å²) in [5.41, 5.74) is 2.09. The number of rotatable bonds is 3. The Bertz CT molecular complexity index is 795. The van der Waals surface area contributed by atoms with Crippen molar-refractivity contribution in [1.82, 2.24) is 15.2 Å². The number of likely N-dealkylation sites (tertiary alicyclic amines) is 1. The molecule has 1 aromatic carbocycles. The number of halogens is 1. The van der Waals surface area contributed by atoms with Gasteiger partial charge in [0.25, 0.3) is 0 Å². The van der Waals surface area contributed by atoms with E-state index in [1.165, 1.54) is 11.6 Å². The fourth-order valence-electron chi connectivity index (χ4n) is 4.78. The Hall–Kier alpha value is -2.01. The van der Waals surface area contributed by atoms with Gasteiger partial charge >= 0.3 is 0 Å². The number of likely N-dealkylation sites (N-methyl/N-ethyl adjacent to an activating group) is 1. The van der Waals surface area contributed by atoms with Crippen molar-refractivity contribution in [2.24, 2.45) is 11.8 Å². The van der Waals surface area contributed by atoms with Gasteiger partial charge in [-0.2, -0.15) is 0 Å². The van der Waals surface area contributed by atoms with E-state index in [9.17, 15) is 9.18 Å². The number of benzene rings is 1. The van der Waals surface area contributed by atoms with Crippen LogP contribution < -0.4 is 5.32 Å². The van der Waals surface area contributed by atoms with Crippen molar-refractivity contribution in [2.45, 2.75) is 31.7 Å². The summed E-state index contributed by atoms with van der Waals surface area (Å²) in [6.07, 6.45) is 4.05. The summed E-state index contributed by atoms with van der Waals surface area (Å²) >= 11 is 0. The Balaban J connectivity index is 1.52. The number of carbonyl (C=O) groups excluding carboxylic acids is 1. The number of nitrogens with zero attached hydrogens (tertiary/aromatic N) is 2. The van der Waals surface area contributed by atoms with Gasteiger partial charge in [0.2, 0.25) is 5.91 Å². The Kier molecular flexibility index (Phi) is 4.20. The molecule has 1 saturated heterocycles. The second kappa shape index (κ2) is 6.37. The Morgan fingerprint density at radius 2 is 2.00 bits per heavy atom. The quantitative estimate of drug-likeness (QED) is 0.934. The van der Waals surface area contributed by atoms with Gasteiger partial charge in [0.1, 0.15) is 5.82 Å². The minimum Gasteiger partial charge on any atom is -0.358 e. The molecule has 1 N–H and O–H groups in total. The van der Waals surface area contributed by atoms with E-state index < -0.39 is 0 Å². The van der Waals surface area contributed by atoms with Crippen LogP contribution in [0.15, 0.2) is 30.5 Å². The maximum atomic E-state index is 13.7. The lowest BCUT2D eigenvalue weighted by atomic mass is 9.93. The zero-order valence-electron chi connectivity index (χ0n) is 14.7. The minimum atomic E-state index is -0.203. The Morgan fingerprint density at radius 1 is 1.28 bits per heavy atom. The second-order valence-electron chi connectivity index (χ2n) is 7.49. The average molecular weight is 341 g/mol. The molecule has 4 nitrogen and oxygen atoms in total. The molecule has 5 heteroatoms. The van der Waals surface area contributed by atoms with Crippen LogP contribution in [0.4, 0.5) is 4.39 Å². The molecular formula is C20H24FN3O. The summed E-state index contributed by atoms with van der Waals surface area (Å²) in [7, 11) is 1.69. The maximum Gasteiger partial charge on any atom is 0.236 e. The van der Waals surface area contributed by atoms with Gasteiger partial charge in [0.15, 0.2) is 0 Å². The topological polar surface area (TPSA) is 45.2 Å². The van der Waals surface area contributed by atoms with E-state index in [4.69, 9.17) is 0 Å². The van der Waals surface area contributed by atoms with Crippen LogP contribution in [0.25, 0.3) is 10.9 Å². The van der Waals surface area contributed by atoms with Crippen molar-refractivity contribution in [2.75, 3.05) is 20.1 Å².